The maximum Gasteiger partial charge on any atom is 0.141 e. The molecule has 0 amide bonds. The predicted molar refractivity (Wildman–Crippen MR) is 72.6 cm³/mol. The first-order valence-electron chi connectivity index (χ1n) is 6.40. The molecule has 1 N–H and O–H groups in total. The molecule has 0 atom stereocenters. The van der Waals surface area contributed by atoms with Crippen LogP contribution in [0.2, 0.25) is 5.02 Å². The number of hydrogen-bond donors (Lipinski definition) is 1. The van der Waals surface area contributed by atoms with Crippen LogP contribution in [-0.2, 0) is 13.1 Å². The van der Waals surface area contributed by atoms with Crippen LogP contribution in [0.5, 0.6) is 0 Å². The highest BCUT2D eigenvalue weighted by Crippen LogP contribution is 2.20. The first kappa shape index (κ1) is 12.6. The average Bonchev–Trinajstić information content (AvgIpc) is 3.12. The number of rotatable bonds is 5. The van der Waals surface area contributed by atoms with E-state index in [-0.39, 0.29) is 10.8 Å². The summed E-state index contributed by atoms with van der Waals surface area (Å²) in [6.45, 7) is 1.42. The molecule has 1 aromatic heterocycles. The summed E-state index contributed by atoms with van der Waals surface area (Å²) in [6.07, 6.45) is 4.32. The van der Waals surface area contributed by atoms with Gasteiger partial charge in [-0.15, -0.1) is 0 Å². The zero-order chi connectivity index (χ0) is 13.2. The third kappa shape index (κ3) is 3.14. The lowest BCUT2D eigenvalue weighted by atomic mass is 10.2. The molecular formula is C14H15ClFN3. The maximum absolute atomic E-state index is 13.1. The molecule has 1 fully saturated rings. The number of hydrogen-bond acceptors (Lipinski definition) is 2. The summed E-state index contributed by atoms with van der Waals surface area (Å²) < 4.78 is 15.0. The van der Waals surface area contributed by atoms with Crippen molar-refractivity contribution >= 4 is 11.6 Å². The summed E-state index contributed by atoms with van der Waals surface area (Å²) in [5.74, 6) is -0.387. The minimum absolute atomic E-state index is 0.155. The molecule has 3 nitrogen and oxygen atoms in total. The van der Waals surface area contributed by atoms with Crippen LogP contribution in [0.4, 0.5) is 4.39 Å². The van der Waals surface area contributed by atoms with Gasteiger partial charge in [0, 0.05) is 18.8 Å². The van der Waals surface area contributed by atoms with Gasteiger partial charge in [-0.3, -0.25) is 4.68 Å². The van der Waals surface area contributed by atoms with Crippen LogP contribution in [-0.4, -0.2) is 15.8 Å². The minimum atomic E-state index is -0.387. The van der Waals surface area contributed by atoms with Gasteiger partial charge in [-0.05, 0) is 36.6 Å². The lowest BCUT2D eigenvalue weighted by Crippen LogP contribution is -2.18. The molecular weight excluding hydrogens is 265 g/mol. The van der Waals surface area contributed by atoms with Crippen LogP contribution in [0.3, 0.4) is 0 Å². The Bertz CT molecular complexity index is 578. The van der Waals surface area contributed by atoms with Crippen molar-refractivity contribution in [1.82, 2.24) is 15.1 Å². The fraction of sp³-hybridized carbons (Fsp3) is 0.357. The van der Waals surface area contributed by atoms with Gasteiger partial charge in [0.15, 0.2) is 0 Å². The van der Waals surface area contributed by atoms with E-state index in [2.05, 4.69) is 10.4 Å². The average molecular weight is 280 g/mol. The highest BCUT2D eigenvalue weighted by Gasteiger charge is 2.20. The van der Waals surface area contributed by atoms with Crippen LogP contribution in [0.1, 0.15) is 24.1 Å². The Hall–Kier alpha value is -1.39. The number of benzene rings is 1. The lowest BCUT2D eigenvalue weighted by molar-refractivity contribution is 0.591. The second kappa shape index (κ2) is 5.31. The molecule has 2 aromatic rings. The SMILES string of the molecule is Fc1ccc(Cn2nccc2CNC2CC2)cc1Cl. The van der Waals surface area contributed by atoms with Crippen molar-refractivity contribution in [2.45, 2.75) is 32.0 Å². The fourth-order valence-electron chi connectivity index (χ4n) is 2.00. The first-order valence-corrected chi connectivity index (χ1v) is 6.78. The molecule has 1 saturated carbocycles. The zero-order valence-electron chi connectivity index (χ0n) is 10.4. The van der Waals surface area contributed by atoms with Crippen molar-refractivity contribution in [3.63, 3.8) is 0 Å². The van der Waals surface area contributed by atoms with Crippen molar-refractivity contribution in [2.75, 3.05) is 0 Å². The Balaban J connectivity index is 1.71. The Morgan fingerprint density at radius 3 is 2.95 bits per heavy atom. The minimum Gasteiger partial charge on any atom is -0.308 e. The largest absolute Gasteiger partial charge is 0.308 e. The van der Waals surface area contributed by atoms with Crippen molar-refractivity contribution in [1.29, 1.82) is 0 Å². The number of aromatic nitrogens is 2. The van der Waals surface area contributed by atoms with E-state index in [0.29, 0.717) is 12.6 Å². The summed E-state index contributed by atoms with van der Waals surface area (Å²) in [4.78, 5) is 0. The van der Waals surface area contributed by atoms with E-state index in [1.165, 1.54) is 18.9 Å². The molecule has 0 saturated heterocycles. The normalized spacial score (nSPS) is 14.8. The molecule has 1 aliphatic rings. The van der Waals surface area contributed by atoms with E-state index >= 15 is 0 Å². The first-order chi connectivity index (χ1) is 9.22. The van der Waals surface area contributed by atoms with Gasteiger partial charge in [0.2, 0.25) is 0 Å². The molecule has 5 heteroatoms. The molecule has 19 heavy (non-hydrogen) atoms. The molecule has 1 aromatic carbocycles. The van der Waals surface area contributed by atoms with Gasteiger partial charge in [0.1, 0.15) is 5.82 Å². The molecule has 0 bridgehead atoms. The molecule has 1 heterocycles. The van der Waals surface area contributed by atoms with Crippen LogP contribution >= 0.6 is 11.6 Å². The van der Waals surface area contributed by atoms with Gasteiger partial charge in [0.25, 0.3) is 0 Å². The molecule has 0 aliphatic heterocycles. The van der Waals surface area contributed by atoms with Crippen LogP contribution < -0.4 is 5.32 Å². The van der Waals surface area contributed by atoms with Crippen molar-refractivity contribution < 1.29 is 4.39 Å². The predicted octanol–water partition coefficient (Wildman–Crippen LogP) is 2.98. The topological polar surface area (TPSA) is 29.9 Å². The number of nitrogens with zero attached hydrogens (tertiary/aromatic N) is 2. The Labute approximate surface area is 116 Å². The van der Waals surface area contributed by atoms with Crippen LogP contribution in [0, 0.1) is 5.82 Å². The van der Waals surface area contributed by atoms with E-state index in [1.54, 1.807) is 18.3 Å². The van der Waals surface area contributed by atoms with Gasteiger partial charge in [-0.25, -0.2) is 4.39 Å². The summed E-state index contributed by atoms with van der Waals surface area (Å²) in [5.41, 5.74) is 2.08. The van der Waals surface area contributed by atoms with E-state index in [4.69, 9.17) is 11.6 Å². The van der Waals surface area contributed by atoms with Crippen molar-refractivity contribution in [3.05, 3.63) is 52.6 Å². The van der Waals surface area contributed by atoms with Gasteiger partial charge in [-0.1, -0.05) is 17.7 Å². The standard InChI is InChI=1S/C14H15ClFN3/c15-13-7-10(1-4-14(13)16)9-19-12(5-6-18-19)8-17-11-2-3-11/h1,4-7,11,17H,2-3,8-9H2. The van der Waals surface area contributed by atoms with E-state index < -0.39 is 0 Å². The van der Waals surface area contributed by atoms with Gasteiger partial charge >= 0.3 is 0 Å². The van der Waals surface area contributed by atoms with E-state index in [1.807, 2.05) is 10.7 Å². The summed E-state index contributed by atoms with van der Waals surface area (Å²) in [6, 6.07) is 7.45. The lowest BCUT2D eigenvalue weighted by Gasteiger charge is -2.09. The molecule has 0 spiro atoms. The molecule has 0 unspecified atom stereocenters. The summed E-state index contributed by atoms with van der Waals surface area (Å²) in [5, 5.41) is 7.92. The third-order valence-electron chi connectivity index (χ3n) is 3.27. The Morgan fingerprint density at radius 2 is 2.21 bits per heavy atom. The van der Waals surface area contributed by atoms with Crippen LogP contribution in [0.15, 0.2) is 30.5 Å². The quantitative estimate of drug-likeness (QED) is 0.912. The van der Waals surface area contributed by atoms with E-state index in [0.717, 1.165) is 17.8 Å². The highest BCUT2D eigenvalue weighted by molar-refractivity contribution is 6.30. The Morgan fingerprint density at radius 1 is 1.37 bits per heavy atom. The second-order valence-electron chi connectivity index (χ2n) is 4.88. The summed E-state index contributed by atoms with van der Waals surface area (Å²) >= 11 is 5.79. The van der Waals surface area contributed by atoms with Crippen molar-refractivity contribution in [3.8, 4) is 0 Å². The second-order valence-corrected chi connectivity index (χ2v) is 5.29. The maximum atomic E-state index is 13.1. The van der Waals surface area contributed by atoms with Gasteiger partial charge < -0.3 is 5.32 Å². The number of halogens is 2. The van der Waals surface area contributed by atoms with Crippen LogP contribution in [0.25, 0.3) is 0 Å². The van der Waals surface area contributed by atoms with E-state index in [9.17, 15) is 4.39 Å². The van der Waals surface area contributed by atoms with Crippen molar-refractivity contribution in [2.24, 2.45) is 0 Å². The highest BCUT2D eigenvalue weighted by atomic mass is 35.5. The molecule has 100 valence electrons. The van der Waals surface area contributed by atoms with Gasteiger partial charge in [-0.2, -0.15) is 5.10 Å². The molecule has 3 rings (SSSR count). The smallest absolute Gasteiger partial charge is 0.141 e. The Kier molecular flexibility index (Phi) is 3.53. The zero-order valence-corrected chi connectivity index (χ0v) is 11.2. The fourth-order valence-corrected chi connectivity index (χ4v) is 2.20. The molecule has 0 radical (unpaired) electrons. The summed E-state index contributed by atoms with van der Waals surface area (Å²) in [7, 11) is 0. The monoisotopic (exact) mass is 279 g/mol. The number of nitrogens with one attached hydrogen (secondary N) is 1. The van der Waals surface area contributed by atoms with Gasteiger partial charge in [0.05, 0.1) is 17.3 Å². The third-order valence-corrected chi connectivity index (χ3v) is 3.56. The molecule has 1 aliphatic carbocycles.